The number of hydrogen-bond donors (Lipinski definition) is 0. The second kappa shape index (κ2) is 3.95. The summed E-state index contributed by atoms with van der Waals surface area (Å²) in [7, 11) is 1.84. The molecule has 3 nitrogen and oxygen atoms in total. The summed E-state index contributed by atoms with van der Waals surface area (Å²) in [6.07, 6.45) is 4.93. The zero-order valence-electron chi connectivity index (χ0n) is 9.37. The molecular formula is C11H18N2O. The van der Waals surface area contributed by atoms with Crippen molar-refractivity contribution >= 4 is 5.78 Å². The van der Waals surface area contributed by atoms with Crippen LogP contribution in [0.4, 0.5) is 0 Å². The van der Waals surface area contributed by atoms with Crippen molar-refractivity contribution < 1.29 is 4.79 Å². The van der Waals surface area contributed by atoms with E-state index in [2.05, 4.69) is 25.8 Å². The number of imidazole rings is 1. The quantitative estimate of drug-likeness (QED) is 0.693. The van der Waals surface area contributed by atoms with Gasteiger partial charge in [0.15, 0.2) is 11.6 Å². The first kappa shape index (κ1) is 11.0. The van der Waals surface area contributed by atoms with Crippen LogP contribution < -0.4 is 0 Å². The van der Waals surface area contributed by atoms with Crippen molar-refractivity contribution in [3.05, 3.63) is 18.2 Å². The van der Waals surface area contributed by atoms with Gasteiger partial charge in [0.25, 0.3) is 0 Å². The molecule has 78 valence electrons. The van der Waals surface area contributed by atoms with Crippen molar-refractivity contribution in [2.24, 2.45) is 12.5 Å². The van der Waals surface area contributed by atoms with Crippen LogP contribution in [0, 0.1) is 5.41 Å². The number of Topliss-reactive ketones (excluding diaryl/α,β-unsaturated/α-hetero) is 1. The maximum Gasteiger partial charge on any atom is 0.198 e. The zero-order chi connectivity index (χ0) is 10.8. The van der Waals surface area contributed by atoms with Crippen LogP contribution in [0.15, 0.2) is 12.4 Å². The van der Waals surface area contributed by atoms with E-state index in [4.69, 9.17) is 0 Å². The van der Waals surface area contributed by atoms with Gasteiger partial charge in [-0.1, -0.05) is 20.8 Å². The fraction of sp³-hybridized carbons (Fsp3) is 0.636. The van der Waals surface area contributed by atoms with Crippen LogP contribution in [0.5, 0.6) is 0 Å². The van der Waals surface area contributed by atoms with Gasteiger partial charge in [-0.15, -0.1) is 0 Å². The van der Waals surface area contributed by atoms with Crippen molar-refractivity contribution in [2.45, 2.75) is 33.6 Å². The molecule has 1 rings (SSSR count). The molecule has 0 saturated heterocycles. The Balaban J connectivity index is 2.56. The molecule has 0 aliphatic carbocycles. The van der Waals surface area contributed by atoms with E-state index in [-0.39, 0.29) is 11.2 Å². The molecule has 0 saturated carbocycles. The second-order valence-electron chi connectivity index (χ2n) is 4.85. The predicted molar refractivity (Wildman–Crippen MR) is 56.2 cm³/mol. The van der Waals surface area contributed by atoms with Gasteiger partial charge in [-0.05, 0) is 11.8 Å². The van der Waals surface area contributed by atoms with Crippen molar-refractivity contribution in [3.63, 3.8) is 0 Å². The Morgan fingerprint density at radius 1 is 1.50 bits per heavy atom. The topological polar surface area (TPSA) is 34.9 Å². The monoisotopic (exact) mass is 194 g/mol. The van der Waals surface area contributed by atoms with Gasteiger partial charge in [0.2, 0.25) is 0 Å². The highest BCUT2D eigenvalue weighted by atomic mass is 16.1. The minimum Gasteiger partial charge on any atom is -0.332 e. The Morgan fingerprint density at radius 2 is 2.14 bits per heavy atom. The molecule has 14 heavy (non-hydrogen) atoms. The minimum absolute atomic E-state index is 0.132. The molecule has 0 aromatic carbocycles. The van der Waals surface area contributed by atoms with Crippen LogP contribution in [0.3, 0.4) is 0 Å². The number of carbonyl (C=O) groups excluding carboxylic acids is 1. The van der Waals surface area contributed by atoms with E-state index in [0.29, 0.717) is 12.2 Å². The van der Waals surface area contributed by atoms with E-state index in [0.717, 1.165) is 6.42 Å². The van der Waals surface area contributed by atoms with E-state index >= 15 is 0 Å². The van der Waals surface area contributed by atoms with Crippen molar-refractivity contribution in [1.29, 1.82) is 0 Å². The molecule has 1 aromatic rings. The second-order valence-corrected chi connectivity index (χ2v) is 4.85. The highest BCUT2D eigenvalue weighted by Gasteiger charge is 2.16. The third kappa shape index (κ3) is 2.98. The average Bonchev–Trinajstić information content (AvgIpc) is 2.46. The molecule has 0 unspecified atom stereocenters. The first-order valence-electron chi connectivity index (χ1n) is 4.91. The van der Waals surface area contributed by atoms with E-state index in [1.807, 2.05) is 7.05 Å². The number of carbonyl (C=O) groups is 1. The van der Waals surface area contributed by atoms with Gasteiger partial charge in [-0.3, -0.25) is 4.79 Å². The number of ketones is 1. The highest BCUT2D eigenvalue weighted by molar-refractivity contribution is 5.92. The Bertz CT molecular complexity index is 320. The molecule has 0 aliphatic rings. The number of hydrogen-bond acceptors (Lipinski definition) is 2. The summed E-state index contributed by atoms with van der Waals surface area (Å²) < 4.78 is 1.77. The first-order chi connectivity index (χ1) is 6.40. The lowest BCUT2D eigenvalue weighted by molar-refractivity contribution is 0.0953. The van der Waals surface area contributed by atoms with Gasteiger partial charge in [-0.2, -0.15) is 0 Å². The fourth-order valence-corrected chi connectivity index (χ4v) is 1.23. The summed E-state index contributed by atoms with van der Waals surface area (Å²) in [4.78, 5) is 15.7. The van der Waals surface area contributed by atoms with E-state index in [1.165, 1.54) is 0 Å². The predicted octanol–water partition coefficient (Wildman–Crippen LogP) is 2.43. The molecule has 1 aromatic heterocycles. The Labute approximate surface area is 85.2 Å². The summed E-state index contributed by atoms with van der Waals surface area (Å²) in [6, 6.07) is 0. The van der Waals surface area contributed by atoms with Crippen LogP contribution in [-0.4, -0.2) is 15.3 Å². The Morgan fingerprint density at radius 3 is 2.57 bits per heavy atom. The molecule has 0 spiro atoms. The van der Waals surface area contributed by atoms with Crippen molar-refractivity contribution in [1.82, 2.24) is 9.55 Å². The van der Waals surface area contributed by atoms with E-state index in [9.17, 15) is 4.79 Å². The third-order valence-corrected chi connectivity index (χ3v) is 2.17. The molecular weight excluding hydrogens is 176 g/mol. The smallest absolute Gasteiger partial charge is 0.198 e. The van der Waals surface area contributed by atoms with Gasteiger partial charge in [0.05, 0.1) is 0 Å². The Kier molecular flexibility index (Phi) is 3.09. The molecule has 0 bridgehead atoms. The average molecular weight is 194 g/mol. The summed E-state index contributed by atoms with van der Waals surface area (Å²) >= 11 is 0. The first-order valence-corrected chi connectivity index (χ1v) is 4.91. The summed E-state index contributed by atoms with van der Waals surface area (Å²) in [5, 5.41) is 0. The normalized spacial score (nSPS) is 11.7. The van der Waals surface area contributed by atoms with E-state index < -0.39 is 0 Å². The highest BCUT2D eigenvalue weighted by Crippen LogP contribution is 2.21. The van der Waals surface area contributed by atoms with Gasteiger partial charge in [-0.25, -0.2) is 4.98 Å². The van der Waals surface area contributed by atoms with Gasteiger partial charge >= 0.3 is 0 Å². The van der Waals surface area contributed by atoms with Gasteiger partial charge < -0.3 is 4.57 Å². The maximum atomic E-state index is 11.7. The summed E-state index contributed by atoms with van der Waals surface area (Å²) in [5.74, 6) is 0.696. The number of nitrogens with zero attached hydrogens (tertiary/aromatic N) is 2. The fourth-order valence-electron chi connectivity index (χ4n) is 1.23. The lowest BCUT2D eigenvalue weighted by Crippen LogP contribution is -2.12. The van der Waals surface area contributed by atoms with Gasteiger partial charge in [0.1, 0.15) is 0 Å². The number of aromatic nitrogens is 2. The van der Waals surface area contributed by atoms with Gasteiger partial charge in [0, 0.05) is 25.9 Å². The van der Waals surface area contributed by atoms with Crippen molar-refractivity contribution in [3.8, 4) is 0 Å². The minimum atomic E-state index is 0.132. The molecule has 1 heterocycles. The maximum absolute atomic E-state index is 11.7. The molecule has 0 amide bonds. The van der Waals surface area contributed by atoms with Crippen LogP contribution in [0.2, 0.25) is 0 Å². The van der Waals surface area contributed by atoms with Crippen LogP contribution >= 0.6 is 0 Å². The summed E-state index contributed by atoms with van der Waals surface area (Å²) in [6.45, 7) is 6.41. The molecule has 0 radical (unpaired) electrons. The number of rotatable bonds is 3. The van der Waals surface area contributed by atoms with Crippen LogP contribution in [0.1, 0.15) is 44.2 Å². The standard InChI is InChI=1S/C11H18N2O/c1-11(2,3)6-5-9(14)10-12-7-8-13(10)4/h7-8H,5-6H2,1-4H3. The summed E-state index contributed by atoms with van der Waals surface area (Å²) in [5.41, 5.74) is 0.209. The number of aryl methyl sites for hydroxylation is 1. The lowest BCUT2D eigenvalue weighted by Gasteiger charge is -2.16. The Hall–Kier alpha value is -1.12. The molecule has 0 atom stereocenters. The zero-order valence-corrected chi connectivity index (χ0v) is 9.37. The van der Waals surface area contributed by atoms with Crippen LogP contribution in [0.25, 0.3) is 0 Å². The largest absolute Gasteiger partial charge is 0.332 e. The SMILES string of the molecule is Cn1ccnc1C(=O)CCC(C)(C)C. The van der Waals surface area contributed by atoms with Crippen LogP contribution in [-0.2, 0) is 7.05 Å². The van der Waals surface area contributed by atoms with E-state index in [1.54, 1.807) is 17.0 Å². The lowest BCUT2D eigenvalue weighted by atomic mass is 9.89. The molecule has 0 N–H and O–H groups in total. The third-order valence-electron chi connectivity index (χ3n) is 2.17. The molecule has 0 aliphatic heterocycles. The van der Waals surface area contributed by atoms with Crippen molar-refractivity contribution in [2.75, 3.05) is 0 Å². The molecule has 0 fully saturated rings. The molecule has 3 heteroatoms.